The lowest BCUT2D eigenvalue weighted by Gasteiger charge is -2.32. The molecule has 2 heterocycles. The molecule has 0 spiro atoms. The van der Waals surface area contributed by atoms with Crippen LogP contribution in [0, 0.1) is 0 Å². The molecule has 6 nitrogen and oxygen atoms in total. The summed E-state index contributed by atoms with van der Waals surface area (Å²) in [5.41, 5.74) is 3.98. The number of aromatic nitrogens is 3. The summed E-state index contributed by atoms with van der Waals surface area (Å²) in [4.78, 5) is 17.8. The van der Waals surface area contributed by atoms with Crippen LogP contribution >= 0.6 is 11.8 Å². The van der Waals surface area contributed by atoms with Gasteiger partial charge in [0.05, 0.1) is 7.11 Å². The number of hydrogen-bond donors (Lipinski definition) is 1. The monoisotopic (exact) mass is 468 g/mol. The minimum absolute atomic E-state index is 0.174. The molecule has 6 rings (SSSR count). The van der Waals surface area contributed by atoms with Crippen LogP contribution in [0.15, 0.2) is 83.2 Å². The van der Waals surface area contributed by atoms with Crippen molar-refractivity contribution < 1.29 is 9.53 Å². The minimum atomic E-state index is -0.312. The fraction of sp³-hybridized carbons (Fsp3) is 0.222. The van der Waals surface area contributed by atoms with Crippen molar-refractivity contribution in [3.63, 3.8) is 0 Å². The fourth-order valence-electron chi connectivity index (χ4n) is 4.88. The van der Waals surface area contributed by atoms with Crippen molar-refractivity contribution in [2.45, 2.75) is 36.2 Å². The number of carbonyl (C=O) groups excluding carboxylic acids is 1. The van der Waals surface area contributed by atoms with Gasteiger partial charge in [0.1, 0.15) is 11.8 Å². The molecule has 1 unspecified atom stereocenters. The first-order valence-electron chi connectivity index (χ1n) is 11.4. The molecule has 170 valence electrons. The number of ketones is 1. The highest BCUT2D eigenvalue weighted by atomic mass is 32.2. The van der Waals surface area contributed by atoms with Crippen molar-refractivity contribution in [2.24, 2.45) is 0 Å². The highest BCUT2D eigenvalue weighted by Crippen LogP contribution is 2.41. The smallest absolute Gasteiger partial charge is 0.227 e. The topological polar surface area (TPSA) is 69.0 Å². The van der Waals surface area contributed by atoms with Gasteiger partial charge in [-0.3, -0.25) is 4.79 Å². The lowest BCUT2D eigenvalue weighted by Crippen LogP contribution is -2.31. The Labute approximate surface area is 202 Å². The standard InChI is InChI=1S/C27H24N4O2S/c1-33-20-11-5-9-18(15-20)25-24-22(13-6-14-23(24)32)28-26-29-27(30-31(25)26)34-16-19-10-4-8-17-7-2-3-12-21(17)19/h2-5,7-12,15,25H,6,13-14,16H2,1H3,(H,28,29,30). The lowest BCUT2D eigenvalue weighted by atomic mass is 9.85. The van der Waals surface area contributed by atoms with E-state index in [4.69, 9.17) is 14.8 Å². The number of Topliss-reactive ketones (excluding diaryl/α,β-unsaturated/α-hetero) is 1. The number of anilines is 1. The van der Waals surface area contributed by atoms with E-state index in [-0.39, 0.29) is 11.8 Å². The number of fused-ring (bicyclic) bond motifs is 2. The van der Waals surface area contributed by atoms with E-state index in [9.17, 15) is 4.79 Å². The maximum atomic E-state index is 13.0. The molecule has 0 fully saturated rings. The van der Waals surface area contributed by atoms with E-state index in [0.29, 0.717) is 17.5 Å². The Morgan fingerprint density at radius 3 is 2.85 bits per heavy atom. The number of rotatable bonds is 5. The second-order valence-electron chi connectivity index (χ2n) is 8.56. The zero-order valence-corrected chi connectivity index (χ0v) is 19.6. The molecule has 1 aliphatic carbocycles. The summed E-state index contributed by atoms with van der Waals surface area (Å²) in [6.45, 7) is 0. The molecule has 3 aromatic carbocycles. The Morgan fingerprint density at radius 1 is 1.09 bits per heavy atom. The maximum Gasteiger partial charge on any atom is 0.227 e. The molecule has 1 aromatic heterocycles. The van der Waals surface area contributed by atoms with Crippen LogP contribution in [-0.4, -0.2) is 27.7 Å². The van der Waals surface area contributed by atoms with Crippen molar-refractivity contribution in [1.82, 2.24) is 14.8 Å². The molecule has 34 heavy (non-hydrogen) atoms. The van der Waals surface area contributed by atoms with Crippen molar-refractivity contribution in [1.29, 1.82) is 0 Å². The molecule has 1 aliphatic heterocycles. The molecule has 2 aliphatic rings. The Morgan fingerprint density at radius 2 is 1.94 bits per heavy atom. The molecule has 0 saturated heterocycles. The number of carbonyl (C=O) groups is 1. The van der Waals surface area contributed by atoms with Gasteiger partial charge in [-0.15, -0.1) is 5.10 Å². The Bertz CT molecular complexity index is 1440. The average molecular weight is 469 g/mol. The second kappa shape index (κ2) is 8.65. The number of hydrogen-bond acceptors (Lipinski definition) is 6. The van der Waals surface area contributed by atoms with Gasteiger partial charge in [-0.1, -0.05) is 66.4 Å². The van der Waals surface area contributed by atoms with Crippen LogP contribution in [0.1, 0.15) is 36.4 Å². The SMILES string of the molecule is COc1cccc(C2C3=C(CCCC3=O)Nc3nc(SCc4cccc5ccccc45)nn32)c1. The summed E-state index contributed by atoms with van der Waals surface area (Å²) in [5.74, 6) is 2.38. The molecular formula is C27H24N4O2S. The van der Waals surface area contributed by atoms with Crippen molar-refractivity contribution in [3.05, 3.63) is 89.1 Å². The molecule has 0 amide bonds. The van der Waals surface area contributed by atoms with E-state index in [1.807, 2.05) is 28.9 Å². The Balaban J connectivity index is 1.36. The summed E-state index contributed by atoms with van der Waals surface area (Å²) in [6, 6.07) is 22.4. The fourth-order valence-corrected chi connectivity index (χ4v) is 5.71. The van der Waals surface area contributed by atoms with Crippen LogP contribution in [0.5, 0.6) is 5.75 Å². The first-order chi connectivity index (χ1) is 16.7. The summed E-state index contributed by atoms with van der Waals surface area (Å²) >= 11 is 1.61. The summed E-state index contributed by atoms with van der Waals surface area (Å²) in [5, 5.41) is 11.4. The molecule has 4 aromatic rings. The summed E-state index contributed by atoms with van der Waals surface area (Å²) < 4.78 is 7.32. The third kappa shape index (κ3) is 3.66. The van der Waals surface area contributed by atoms with Gasteiger partial charge in [0.2, 0.25) is 11.1 Å². The number of allylic oxidation sites excluding steroid dienone is 2. The quantitative estimate of drug-likeness (QED) is 0.376. The van der Waals surface area contributed by atoms with Gasteiger partial charge in [0.25, 0.3) is 0 Å². The zero-order valence-electron chi connectivity index (χ0n) is 18.8. The van der Waals surface area contributed by atoms with Crippen molar-refractivity contribution in [2.75, 3.05) is 12.4 Å². The van der Waals surface area contributed by atoms with E-state index < -0.39 is 0 Å². The number of ether oxygens (including phenoxy) is 1. The van der Waals surface area contributed by atoms with Crippen LogP contribution in [-0.2, 0) is 10.5 Å². The van der Waals surface area contributed by atoms with Gasteiger partial charge in [-0.25, -0.2) is 4.68 Å². The lowest BCUT2D eigenvalue weighted by molar-refractivity contribution is -0.116. The van der Waals surface area contributed by atoms with Gasteiger partial charge in [-0.05, 0) is 46.9 Å². The maximum absolute atomic E-state index is 13.0. The van der Waals surface area contributed by atoms with Gasteiger partial charge in [-0.2, -0.15) is 4.98 Å². The highest BCUT2D eigenvalue weighted by molar-refractivity contribution is 7.98. The molecule has 1 N–H and O–H groups in total. The zero-order chi connectivity index (χ0) is 23.1. The Kier molecular flexibility index (Phi) is 5.34. The number of benzene rings is 3. The van der Waals surface area contributed by atoms with Crippen LogP contribution < -0.4 is 10.1 Å². The minimum Gasteiger partial charge on any atom is -0.497 e. The Hall–Kier alpha value is -3.58. The number of nitrogens with zero attached hydrogens (tertiary/aromatic N) is 3. The molecular weight excluding hydrogens is 444 g/mol. The summed E-state index contributed by atoms with van der Waals surface area (Å²) in [7, 11) is 1.65. The molecule has 0 bridgehead atoms. The van der Waals surface area contributed by atoms with Gasteiger partial charge in [0.15, 0.2) is 5.78 Å². The van der Waals surface area contributed by atoms with Gasteiger partial charge >= 0.3 is 0 Å². The van der Waals surface area contributed by atoms with E-state index >= 15 is 0 Å². The van der Waals surface area contributed by atoms with Gasteiger partial charge < -0.3 is 10.1 Å². The van der Waals surface area contributed by atoms with Crippen LogP contribution in [0.3, 0.4) is 0 Å². The second-order valence-corrected chi connectivity index (χ2v) is 9.51. The van der Waals surface area contributed by atoms with Crippen LogP contribution in [0.25, 0.3) is 10.8 Å². The first-order valence-corrected chi connectivity index (χ1v) is 12.4. The third-order valence-corrected chi connectivity index (χ3v) is 7.38. The number of thioether (sulfide) groups is 1. The molecule has 0 radical (unpaired) electrons. The first kappa shape index (κ1) is 21.0. The molecule has 1 atom stereocenters. The predicted molar refractivity (Wildman–Crippen MR) is 134 cm³/mol. The van der Waals surface area contributed by atoms with Crippen molar-refractivity contribution in [3.8, 4) is 5.75 Å². The normalized spacial score (nSPS) is 17.3. The van der Waals surface area contributed by atoms with Crippen molar-refractivity contribution >= 4 is 34.3 Å². The highest BCUT2D eigenvalue weighted by Gasteiger charge is 2.37. The van der Waals surface area contributed by atoms with Crippen LogP contribution in [0.4, 0.5) is 5.95 Å². The van der Waals surface area contributed by atoms with Crippen LogP contribution in [0.2, 0.25) is 0 Å². The van der Waals surface area contributed by atoms with E-state index in [1.165, 1.54) is 16.3 Å². The summed E-state index contributed by atoms with van der Waals surface area (Å²) in [6.07, 6.45) is 2.26. The van der Waals surface area contributed by atoms with E-state index in [0.717, 1.165) is 41.2 Å². The van der Waals surface area contributed by atoms with E-state index in [1.54, 1.807) is 18.9 Å². The number of nitrogens with one attached hydrogen (secondary N) is 1. The largest absolute Gasteiger partial charge is 0.497 e. The van der Waals surface area contributed by atoms with Gasteiger partial charge in [0, 0.05) is 23.4 Å². The molecule has 0 saturated carbocycles. The third-order valence-electron chi connectivity index (χ3n) is 6.49. The number of methoxy groups -OCH3 is 1. The predicted octanol–water partition coefficient (Wildman–Crippen LogP) is 5.75. The molecule has 7 heteroatoms. The van der Waals surface area contributed by atoms with E-state index in [2.05, 4.69) is 47.8 Å². The average Bonchev–Trinajstić information content (AvgIpc) is 3.29.